The molecule has 74 valence electrons. The average Bonchev–Trinajstić information content (AvgIpc) is 2.42. The highest BCUT2D eigenvalue weighted by molar-refractivity contribution is 9.10. The molecule has 0 amide bonds. The third-order valence-corrected chi connectivity index (χ3v) is 2.71. The summed E-state index contributed by atoms with van der Waals surface area (Å²) in [6.07, 6.45) is 3.98. The van der Waals surface area contributed by atoms with E-state index in [-0.39, 0.29) is 0 Å². The maximum Gasteiger partial charge on any atom is 0.234 e. The Hall–Kier alpha value is -0.900. The molecule has 2 heterocycles. The number of fused-ring (bicyclic) bond motifs is 1. The van der Waals surface area contributed by atoms with Gasteiger partial charge in [0.25, 0.3) is 0 Å². The van der Waals surface area contributed by atoms with Crippen LogP contribution in [-0.2, 0) is 0 Å². The van der Waals surface area contributed by atoms with Crippen LogP contribution in [0.15, 0.2) is 16.9 Å². The number of hydrogen-bond donors (Lipinski definition) is 0. The second-order valence-corrected chi connectivity index (χ2v) is 4.57. The zero-order valence-electron chi connectivity index (χ0n) is 8.45. The number of aryl methyl sites for hydroxylation is 1. The van der Waals surface area contributed by atoms with Crippen molar-refractivity contribution in [2.75, 3.05) is 0 Å². The number of hydrogen-bond acceptors (Lipinski definition) is 2. The van der Waals surface area contributed by atoms with Crippen LogP contribution >= 0.6 is 15.9 Å². The van der Waals surface area contributed by atoms with Crippen molar-refractivity contribution in [1.82, 2.24) is 14.4 Å². The van der Waals surface area contributed by atoms with Gasteiger partial charge in [-0.15, -0.1) is 0 Å². The molecule has 0 saturated heterocycles. The molecule has 3 nitrogen and oxygen atoms in total. The van der Waals surface area contributed by atoms with Crippen molar-refractivity contribution >= 4 is 21.7 Å². The summed E-state index contributed by atoms with van der Waals surface area (Å²) in [5.41, 5.74) is 2.05. The topological polar surface area (TPSA) is 30.2 Å². The van der Waals surface area contributed by atoms with Crippen LogP contribution in [0.4, 0.5) is 0 Å². The molecular formula is C10H12BrN3. The van der Waals surface area contributed by atoms with Gasteiger partial charge in [0.1, 0.15) is 0 Å². The Balaban J connectivity index is 2.70. The number of imidazole rings is 1. The molecule has 0 spiro atoms. The minimum Gasteiger partial charge on any atom is -0.290 e. The van der Waals surface area contributed by atoms with Crippen LogP contribution in [0.1, 0.15) is 31.2 Å². The number of aromatic nitrogens is 3. The molecular weight excluding hydrogens is 242 g/mol. The van der Waals surface area contributed by atoms with Crippen LogP contribution < -0.4 is 0 Å². The smallest absolute Gasteiger partial charge is 0.234 e. The summed E-state index contributed by atoms with van der Waals surface area (Å²) < 4.78 is 2.98. The lowest BCUT2D eigenvalue weighted by Gasteiger charge is -2.06. The summed E-state index contributed by atoms with van der Waals surface area (Å²) in [6, 6.07) is 0. The fourth-order valence-corrected chi connectivity index (χ4v) is 2.20. The Bertz CT molecular complexity index is 473. The van der Waals surface area contributed by atoms with Gasteiger partial charge in [0.05, 0.1) is 15.9 Å². The molecule has 0 fully saturated rings. The first kappa shape index (κ1) is 9.65. The summed E-state index contributed by atoms with van der Waals surface area (Å²) >= 11 is 3.52. The highest BCUT2D eigenvalue weighted by atomic mass is 79.9. The molecule has 2 aromatic heterocycles. The predicted octanol–water partition coefficient (Wildman–Crippen LogP) is 2.92. The first-order valence-electron chi connectivity index (χ1n) is 4.59. The maximum absolute atomic E-state index is 4.50. The molecule has 0 unspecified atom stereocenters. The van der Waals surface area contributed by atoms with E-state index in [4.69, 9.17) is 0 Å². The molecule has 0 atom stereocenters. The highest BCUT2D eigenvalue weighted by Crippen LogP contribution is 2.22. The van der Waals surface area contributed by atoms with Gasteiger partial charge in [0.15, 0.2) is 0 Å². The van der Waals surface area contributed by atoms with Gasteiger partial charge >= 0.3 is 0 Å². The van der Waals surface area contributed by atoms with E-state index in [1.165, 1.54) is 0 Å². The minimum absolute atomic E-state index is 0.409. The fourth-order valence-electron chi connectivity index (χ4n) is 1.44. The Kier molecular flexibility index (Phi) is 2.31. The van der Waals surface area contributed by atoms with E-state index in [0.717, 1.165) is 21.6 Å². The predicted molar refractivity (Wildman–Crippen MR) is 59.5 cm³/mol. The van der Waals surface area contributed by atoms with Crippen molar-refractivity contribution in [3.8, 4) is 0 Å². The van der Waals surface area contributed by atoms with E-state index in [9.17, 15) is 0 Å². The Morgan fingerprint density at radius 3 is 2.64 bits per heavy atom. The zero-order chi connectivity index (χ0) is 10.3. The molecule has 0 N–H and O–H groups in total. The minimum atomic E-state index is 0.409. The maximum atomic E-state index is 4.50. The van der Waals surface area contributed by atoms with Gasteiger partial charge in [-0.3, -0.25) is 4.40 Å². The molecule has 0 aliphatic carbocycles. The van der Waals surface area contributed by atoms with E-state index >= 15 is 0 Å². The molecule has 0 bridgehead atoms. The summed E-state index contributed by atoms with van der Waals surface area (Å²) in [6.45, 7) is 6.22. The fraction of sp³-hybridized carbons (Fsp3) is 0.400. The van der Waals surface area contributed by atoms with Crippen molar-refractivity contribution in [3.05, 3.63) is 28.3 Å². The molecule has 2 aromatic rings. The van der Waals surface area contributed by atoms with Crippen molar-refractivity contribution in [3.63, 3.8) is 0 Å². The van der Waals surface area contributed by atoms with E-state index in [1.807, 2.05) is 23.7 Å². The van der Waals surface area contributed by atoms with E-state index in [2.05, 4.69) is 39.7 Å². The van der Waals surface area contributed by atoms with Gasteiger partial charge < -0.3 is 0 Å². The molecule has 0 radical (unpaired) electrons. The van der Waals surface area contributed by atoms with Crippen LogP contribution in [0.3, 0.4) is 0 Å². The summed E-state index contributed by atoms with van der Waals surface area (Å²) in [4.78, 5) is 8.83. The monoisotopic (exact) mass is 253 g/mol. The van der Waals surface area contributed by atoms with Gasteiger partial charge in [-0.2, -0.15) is 0 Å². The molecule has 2 rings (SSSR count). The zero-order valence-corrected chi connectivity index (χ0v) is 10.0. The van der Waals surface area contributed by atoms with Crippen molar-refractivity contribution in [2.24, 2.45) is 0 Å². The standard InChI is InChI=1S/C10H12BrN3/c1-6(2)9-8(11)5-14-4-7(3)12-10(14)13-9/h4-6H,1-3H3. The number of nitrogens with zero attached hydrogens (tertiary/aromatic N) is 3. The van der Waals surface area contributed by atoms with Gasteiger partial charge in [0.2, 0.25) is 5.78 Å². The van der Waals surface area contributed by atoms with Gasteiger partial charge in [0, 0.05) is 12.4 Å². The normalized spacial score (nSPS) is 11.5. The summed E-state index contributed by atoms with van der Waals surface area (Å²) in [5, 5.41) is 0. The lowest BCUT2D eigenvalue weighted by Crippen LogP contribution is -1.98. The summed E-state index contributed by atoms with van der Waals surface area (Å²) in [7, 11) is 0. The Morgan fingerprint density at radius 2 is 2.00 bits per heavy atom. The number of rotatable bonds is 1. The summed E-state index contributed by atoms with van der Waals surface area (Å²) in [5.74, 6) is 1.18. The molecule has 0 saturated carbocycles. The van der Waals surface area contributed by atoms with Crippen molar-refractivity contribution in [2.45, 2.75) is 26.7 Å². The second kappa shape index (κ2) is 3.35. The quantitative estimate of drug-likeness (QED) is 0.783. The van der Waals surface area contributed by atoms with E-state index in [1.54, 1.807) is 0 Å². The van der Waals surface area contributed by atoms with Gasteiger partial charge in [-0.05, 0) is 28.8 Å². The van der Waals surface area contributed by atoms with Gasteiger partial charge in [-0.25, -0.2) is 9.97 Å². The highest BCUT2D eigenvalue weighted by Gasteiger charge is 2.09. The van der Waals surface area contributed by atoms with Crippen LogP contribution in [-0.4, -0.2) is 14.4 Å². The Morgan fingerprint density at radius 1 is 1.29 bits per heavy atom. The van der Waals surface area contributed by atoms with Crippen LogP contribution in [0.25, 0.3) is 5.78 Å². The molecule has 0 aliphatic heterocycles. The van der Waals surface area contributed by atoms with E-state index < -0.39 is 0 Å². The third kappa shape index (κ3) is 1.54. The molecule has 14 heavy (non-hydrogen) atoms. The lowest BCUT2D eigenvalue weighted by molar-refractivity contribution is 0.809. The molecule has 0 aromatic carbocycles. The molecule has 4 heteroatoms. The first-order chi connectivity index (χ1) is 6.58. The molecule has 0 aliphatic rings. The van der Waals surface area contributed by atoms with Crippen molar-refractivity contribution < 1.29 is 0 Å². The van der Waals surface area contributed by atoms with Crippen LogP contribution in [0.5, 0.6) is 0 Å². The Labute approximate surface area is 91.3 Å². The number of halogens is 1. The SMILES string of the molecule is Cc1cn2cc(Br)c(C(C)C)nc2n1. The van der Waals surface area contributed by atoms with E-state index in [0.29, 0.717) is 5.92 Å². The lowest BCUT2D eigenvalue weighted by atomic mass is 10.1. The second-order valence-electron chi connectivity index (χ2n) is 3.72. The average molecular weight is 254 g/mol. The third-order valence-electron chi connectivity index (χ3n) is 2.10. The first-order valence-corrected chi connectivity index (χ1v) is 5.39. The van der Waals surface area contributed by atoms with Gasteiger partial charge in [-0.1, -0.05) is 13.8 Å². The van der Waals surface area contributed by atoms with Crippen molar-refractivity contribution in [1.29, 1.82) is 0 Å². The van der Waals surface area contributed by atoms with Crippen LogP contribution in [0, 0.1) is 6.92 Å². The van der Waals surface area contributed by atoms with Crippen LogP contribution in [0.2, 0.25) is 0 Å². The largest absolute Gasteiger partial charge is 0.290 e.